The molecule has 0 unspecified atom stereocenters. The highest BCUT2D eigenvalue weighted by atomic mass is 28.2. The fraction of sp³-hybridized carbons (Fsp3) is 0.333. The zero-order valence-electron chi connectivity index (χ0n) is 14.6. The van der Waals surface area contributed by atoms with E-state index >= 15 is 0 Å². The van der Waals surface area contributed by atoms with Crippen molar-refractivity contribution in [2.75, 3.05) is 0 Å². The standard InChI is InChI=1S/C21H26F2Si/c1-3-5-6-7-16-8-10-17(11-9-16)20(22)21(23)18-12-14-19(15-13-18)24-4-2/h8-15H,3-7,24H2,1-2H3/b21-20+. The van der Waals surface area contributed by atoms with E-state index in [0.29, 0.717) is 11.1 Å². The molecule has 0 N–H and O–H groups in total. The van der Waals surface area contributed by atoms with E-state index in [0.717, 1.165) is 12.8 Å². The lowest BCUT2D eigenvalue weighted by Crippen LogP contribution is -2.11. The Morgan fingerprint density at radius 1 is 0.792 bits per heavy atom. The average molecular weight is 345 g/mol. The fourth-order valence-corrected chi connectivity index (χ4v) is 3.90. The molecule has 0 bridgehead atoms. The van der Waals surface area contributed by atoms with E-state index in [-0.39, 0.29) is 9.52 Å². The number of rotatable bonds is 8. The lowest BCUT2D eigenvalue weighted by Gasteiger charge is -2.05. The van der Waals surface area contributed by atoms with Crippen molar-refractivity contribution in [3.05, 3.63) is 65.2 Å². The first-order chi connectivity index (χ1) is 11.7. The summed E-state index contributed by atoms with van der Waals surface area (Å²) in [5.74, 6) is -1.56. The molecule has 0 atom stereocenters. The summed E-state index contributed by atoms with van der Waals surface area (Å²) in [6.07, 6.45) is 4.50. The quantitative estimate of drug-likeness (QED) is 0.341. The number of hydrogen-bond donors (Lipinski definition) is 0. The molecule has 0 amide bonds. The summed E-state index contributed by atoms with van der Waals surface area (Å²) >= 11 is 0. The maximum absolute atomic E-state index is 14.4. The van der Waals surface area contributed by atoms with Crippen molar-refractivity contribution in [1.82, 2.24) is 0 Å². The lowest BCUT2D eigenvalue weighted by molar-refractivity contribution is 0.699. The van der Waals surface area contributed by atoms with E-state index in [2.05, 4.69) is 13.8 Å². The van der Waals surface area contributed by atoms with Gasteiger partial charge in [0.05, 0.1) is 9.52 Å². The van der Waals surface area contributed by atoms with Crippen molar-refractivity contribution < 1.29 is 8.78 Å². The van der Waals surface area contributed by atoms with E-state index in [9.17, 15) is 8.78 Å². The summed E-state index contributed by atoms with van der Waals surface area (Å²) in [5, 5.41) is 1.28. The summed E-state index contributed by atoms with van der Waals surface area (Å²) in [6, 6.07) is 15.5. The summed E-state index contributed by atoms with van der Waals surface area (Å²) in [6.45, 7) is 4.33. The largest absolute Gasteiger partial charge is 0.203 e. The van der Waals surface area contributed by atoms with E-state index in [4.69, 9.17) is 0 Å². The zero-order chi connectivity index (χ0) is 17.4. The molecule has 0 saturated carbocycles. The molecule has 0 heterocycles. The Morgan fingerprint density at radius 2 is 1.33 bits per heavy atom. The highest BCUT2D eigenvalue weighted by molar-refractivity contribution is 6.53. The van der Waals surface area contributed by atoms with Gasteiger partial charge in [-0.05, 0) is 18.4 Å². The van der Waals surface area contributed by atoms with Gasteiger partial charge in [-0.1, -0.05) is 86.5 Å². The predicted octanol–water partition coefficient (Wildman–Crippen LogP) is 5.42. The van der Waals surface area contributed by atoms with Crippen LogP contribution in [0, 0.1) is 0 Å². The van der Waals surface area contributed by atoms with Gasteiger partial charge in [-0.2, -0.15) is 0 Å². The third kappa shape index (κ3) is 5.13. The molecule has 2 aromatic carbocycles. The van der Waals surface area contributed by atoms with Gasteiger partial charge in [-0.15, -0.1) is 0 Å². The Hall–Kier alpha value is -1.74. The summed E-state index contributed by atoms with van der Waals surface area (Å²) < 4.78 is 28.8. The zero-order valence-corrected chi connectivity index (χ0v) is 16.0. The Labute approximate surface area is 146 Å². The molecule has 2 rings (SSSR count). The van der Waals surface area contributed by atoms with Crippen LogP contribution in [0.1, 0.15) is 49.8 Å². The summed E-state index contributed by atoms with van der Waals surface area (Å²) in [5.41, 5.74) is 1.79. The fourth-order valence-electron chi connectivity index (χ4n) is 2.76. The molecule has 0 nitrogen and oxygen atoms in total. The van der Waals surface area contributed by atoms with Crippen molar-refractivity contribution >= 4 is 26.4 Å². The molecule has 24 heavy (non-hydrogen) atoms. The molecule has 0 spiro atoms. The minimum atomic E-state index is -0.782. The van der Waals surface area contributed by atoms with Crippen molar-refractivity contribution in [2.45, 2.75) is 45.6 Å². The molecule has 2 aromatic rings. The van der Waals surface area contributed by atoms with E-state index in [1.165, 1.54) is 29.6 Å². The maximum Gasteiger partial charge on any atom is 0.166 e. The molecule has 0 radical (unpaired) electrons. The first-order valence-corrected chi connectivity index (χ1v) is 10.6. The number of halogens is 2. The second-order valence-corrected chi connectivity index (χ2v) is 8.55. The van der Waals surface area contributed by atoms with Gasteiger partial charge in [0.15, 0.2) is 11.7 Å². The molecule has 0 aliphatic heterocycles. The summed E-state index contributed by atoms with van der Waals surface area (Å²) in [4.78, 5) is 0. The van der Waals surface area contributed by atoms with Gasteiger partial charge in [0, 0.05) is 11.1 Å². The van der Waals surface area contributed by atoms with E-state index in [1.807, 2.05) is 24.3 Å². The number of benzene rings is 2. The first-order valence-electron chi connectivity index (χ1n) is 8.89. The van der Waals surface area contributed by atoms with Crippen molar-refractivity contribution in [1.29, 1.82) is 0 Å². The van der Waals surface area contributed by atoms with Crippen molar-refractivity contribution in [3.8, 4) is 0 Å². The van der Waals surface area contributed by atoms with Gasteiger partial charge in [-0.3, -0.25) is 0 Å². The average Bonchev–Trinajstić information content (AvgIpc) is 2.62. The first kappa shape index (κ1) is 18.6. The van der Waals surface area contributed by atoms with Crippen LogP contribution in [0.3, 0.4) is 0 Å². The van der Waals surface area contributed by atoms with Gasteiger partial charge >= 0.3 is 0 Å². The van der Waals surface area contributed by atoms with Gasteiger partial charge in [0.25, 0.3) is 0 Å². The van der Waals surface area contributed by atoms with E-state index in [1.54, 1.807) is 24.3 Å². The highest BCUT2D eigenvalue weighted by Gasteiger charge is 2.11. The SMILES string of the molecule is CCCCCc1ccc(/C(F)=C(\F)c2ccc([SiH2]CC)cc2)cc1. The smallest absolute Gasteiger partial charge is 0.166 e. The molecule has 0 saturated heterocycles. The van der Waals surface area contributed by atoms with Crippen LogP contribution in [0.4, 0.5) is 8.78 Å². The molecule has 128 valence electrons. The molecule has 3 heteroatoms. The molecule has 0 fully saturated rings. The van der Waals surface area contributed by atoms with Crippen LogP contribution in [0.15, 0.2) is 48.5 Å². The lowest BCUT2D eigenvalue weighted by atomic mass is 10.0. The third-order valence-electron chi connectivity index (χ3n) is 4.22. The van der Waals surface area contributed by atoms with Gasteiger partial charge in [0.2, 0.25) is 0 Å². The monoisotopic (exact) mass is 344 g/mol. The van der Waals surface area contributed by atoms with Crippen molar-refractivity contribution in [3.63, 3.8) is 0 Å². The molecular weight excluding hydrogens is 318 g/mol. The third-order valence-corrected chi connectivity index (χ3v) is 5.76. The van der Waals surface area contributed by atoms with Crippen LogP contribution in [0.2, 0.25) is 6.04 Å². The second kappa shape index (κ2) is 9.53. The van der Waals surface area contributed by atoms with Gasteiger partial charge < -0.3 is 0 Å². The molecule has 0 aromatic heterocycles. The van der Waals surface area contributed by atoms with Crippen LogP contribution in [-0.4, -0.2) is 9.52 Å². The topological polar surface area (TPSA) is 0 Å². The molecule has 0 aliphatic rings. The van der Waals surface area contributed by atoms with Crippen LogP contribution >= 0.6 is 0 Å². The maximum atomic E-state index is 14.4. The number of aryl methyl sites for hydroxylation is 1. The minimum Gasteiger partial charge on any atom is -0.203 e. The number of hydrogen-bond acceptors (Lipinski definition) is 0. The van der Waals surface area contributed by atoms with Gasteiger partial charge in [0.1, 0.15) is 0 Å². The Bertz CT molecular complexity index is 657. The van der Waals surface area contributed by atoms with Crippen LogP contribution in [0.25, 0.3) is 11.7 Å². The van der Waals surface area contributed by atoms with Crippen LogP contribution < -0.4 is 5.19 Å². The van der Waals surface area contributed by atoms with Crippen molar-refractivity contribution in [2.24, 2.45) is 0 Å². The van der Waals surface area contributed by atoms with E-state index < -0.39 is 11.7 Å². The van der Waals surface area contributed by atoms with Crippen LogP contribution in [0.5, 0.6) is 0 Å². The van der Waals surface area contributed by atoms with Gasteiger partial charge in [-0.25, -0.2) is 8.78 Å². The Kier molecular flexibility index (Phi) is 7.38. The minimum absolute atomic E-state index is 0.258. The summed E-state index contributed by atoms with van der Waals surface area (Å²) in [7, 11) is -0.258. The molecule has 0 aliphatic carbocycles. The molecular formula is C21H26F2Si. The Morgan fingerprint density at radius 3 is 1.83 bits per heavy atom. The second-order valence-electron chi connectivity index (χ2n) is 6.23. The normalized spacial score (nSPS) is 12.7. The van der Waals surface area contributed by atoms with Crippen LogP contribution in [-0.2, 0) is 6.42 Å². The Balaban J connectivity index is 2.12. The predicted molar refractivity (Wildman–Crippen MR) is 104 cm³/mol. The number of unbranched alkanes of at least 4 members (excludes halogenated alkanes) is 2. The highest BCUT2D eigenvalue weighted by Crippen LogP contribution is 2.28.